The van der Waals surface area contributed by atoms with E-state index in [1.165, 1.54) is 0 Å². The second-order valence-electron chi connectivity index (χ2n) is 3.39. The molecule has 2 aromatic rings. The van der Waals surface area contributed by atoms with Crippen molar-refractivity contribution in [1.29, 1.82) is 0 Å². The third kappa shape index (κ3) is 1.70. The minimum absolute atomic E-state index is 0.00614. The highest BCUT2D eigenvalue weighted by Gasteiger charge is 2.12. The highest BCUT2D eigenvalue weighted by molar-refractivity contribution is 5.49. The van der Waals surface area contributed by atoms with Crippen molar-refractivity contribution in [2.75, 3.05) is 37.0 Å². The molecular weight excluding hydrogens is 210 g/mol. The van der Waals surface area contributed by atoms with Crippen molar-refractivity contribution in [3.05, 3.63) is 18.5 Å². The predicted molar refractivity (Wildman–Crippen MR) is 59.7 cm³/mol. The van der Waals surface area contributed by atoms with Crippen molar-refractivity contribution >= 4 is 11.5 Å². The predicted octanol–water partition coefficient (Wildman–Crippen LogP) is -1.36. The second kappa shape index (κ2) is 4.42. The van der Waals surface area contributed by atoms with Gasteiger partial charge in [0.2, 0.25) is 0 Å². The molecule has 7 nitrogen and oxygen atoms in total. The van der Waals surface area contributed by atoms with Crippen molar-refractivity contribution in [1.82, 2.24) is 14.3 Å². The molecule has 2 aromatic heterocycles. The van der Waals surface area contributed by atoms with Crippen LogP contribution in [-0.2, 0) is 0 Å². The van der Waals surface area contributed by atoms with Gasteiger partial charge in [0, 0.05) is 18.5 Å². The first-order chi connectivity index (χ1) is 7.77. The van der Waals surface area contributed by atoms with Gasteiger partial charge in [-0.2, -0.15) is 4.79 Å². The number of hydrogen-bond acceptors (Lipinski definition) is 5. The minimum Gasteiger partial charge on any atom is -0.394 e. The molecule has 0 aliphatic heterocycles. The van der Waals surface area contributed by atoms with E-state index in [0.717, 1.165) is 5.65 Å². The summed E-state index contributed by atoms with van der Waals surface area (Å²) in [6.07, 6.45) is 3.44. The molecule has 0 aromatic carbocycles. The number of aliphatic hydroxyl groups is 2. The van der Waals surface area contributed by atoms with Crippen LogP contribution in [0.5, 0.6) is 0 Å². The van der Waals surface area contributed by atoms with Gasteiger partial charge in [-0.1, -0.05) is 0 Å². The lowest BCUT2D eigenvalue weighted by atomic mass is 10.6. The van der Waals surface area contributed by atoms with Crippen LogP contribution in [0, 0.1) is 0 Å². The first-order valence-electron chi connectivity index (χ1n) is 5.05. The van der Waals surface area contributed by atoms with Crippen LogP contribution in [0.2, 0.25) is 0 Å². The van der Waals surface area contributed by atoms with Crippen LogP contribution in [0.4, 0.5) is 5.82 Å². The van der Waals surface area contributed by atoms with E-state index >= 15 is 0 Å². The average molecular weight is 225 g/mol. The molecule has 0 aliphatic carbocycles. The summed E-state index contributed by atoms with van der Waals surface area (Å²) in [5, 5.41) is 19.7. The summed E-state index contributed by atoms with van der Waals surface area (Å²) in [6, 6.07) is 1.74. The molecule has 0 bridgehead atoms. The summed E-state index contributed by atoms with van der Waals surface area (Å²) in [5.74, 6) is 0.519. The van der Waals surface area contributed by atoms with Crippen molar-refractivity contribution in [3.8, 4) is 0 Å². The lowest BCUT2D eigenvalue weighted by molar-refractivity contribution is 0.260. The Morgan fingerprint density at radius 1 is 1.31 bits per heavy atom. The van der Waals surface area contributed by atoms with Crippen molar-refractivity contribution < 1.29 is 10.2 Å². The van der Waals surface area contributed by atoms with E-state index in [1.54, 1.807) is 32.8 Å². The first kappa shape index (κ1) is 10.8. The summed E-state index contributed by atoms with van der Waals surface area (Å²) in [7, 11) is 0. The summed E-state index contributed by atoms with van der Waals surface area (Å²) in [4.78, 5) is 5.80. The smallest absolute Gasteiger partial charge is 0.157 e. The van der Waals surface area contributed by atoms with Crippen LogP contribution in [-0.4, -0.2) is 50.8 Å². The molecule has 0 spiro atoms. The fraction of sp³-hybridized carbons (Fsp3) is 0.444. The number of hydrogen-bond donors (Lipinski definition) is 3. The van der Waals surface area contributed by atoms with Crippen molar-refractivity contribution in [3.63, 3.8) is 0 Å². The Morgan fingerprint density at radius 3 is 2.62 bits per heavy atom. The number of rotatable bonds is 5. The van der Waals surface area contributed by atoms with E-state index < -0.39 is 0 Å². The topological polar surface area (TPSA) is 92.0 Å². The molecule has 16 heavy (non-hydrogen) atoms. The Bertz CT molecular complexity index is 457. The number of imidazole rings is 1. The number of aromatic nitrogens is 3. The first-order valence-corrected chi connectivity index (χ1v) is 5.05. The molecule has 0 fully saturated rings. The third-order valence-corrected chi connectivity index (χ3v) is 2.35. The lowest BCUT2D eigenvalue weighted by Gasteiger charge is -2.25. The van der Waals surface area contributed by atoms with E-state index in [9.17, 15) is 0 Å². The molecule has 7 heteroatoms. The van der Waals surface area contributed by atoms with Gasteiger partial charge in [-0.3, -0.25) is 5.01 Å². The highest BCUT2D eigenvalue weighted by atomic mass is 16.3. The molecule has 0 radical (unpaired) electrons. The maximum absolute atomic E-state index is 8.97. The average Bonchev–Trinajstić information content (AvgIpc) is 2.77. The summed E-state index contributed by atoms with van der Waals surface area (Å²) in [6.45, 7) is 0.779. The van der Waals surface area contributed by atoms with Crippen LogP contribution in [0.15, 0.2) is 18.5 Å². The maximum atomic E-state index is 8.97. The Balaban J connectivity index is 2.41. The molecule has 2 heterocycles. The van der Waals surface area contributed by atoms with Crippen LogP contribution in [0.3, 0.4) is 0 Å². The Kier molecular flexibility index (Phi) is 2.97. The zero-order chi connectivity index (χ0) is 11.5. The number of nitrogens with two attached hydrogens (primary N) is 1. The largest absolute Gasteiger partial charge is 0.394 e. The number of aliphatic hydroxyl groups excluding tert-OH is 2. The standard InChI is InChI=1S/C9H15N5O2/c10-8-7-9-11-1-2-13(9)14(8)12(3-5-15)4-6-16/h1-2,7,15-16H,3-6,10H2. The van der Waals surface area contributed by atoms with Gasteiger partial charge in [-0.05, 0) is 0 Å². The second-order valence-corrected chi connectivity index (χ2v) is 3.39. The molecule has 4 N–H and O–H groups in total. The van der Waals surface area contributed by atoms with Gasteiger partial charge in [0.05, 0.1) is 26.3 Å². The van der Waals surface area contributed by atoms with E-state index in [0.29, 0.717) is 18.9 Å². The third-order valence-electron chi connectivity index (χ3n) is 2.35. The zero-order valence-electron chi connectivity index (χ0n) is 8.82. The fourth-order valence-corrected chi connectivity index (χ4v) is 1.72. The molecule has 0 saturated heterocycles. The van der Waals surface area contributed by atoms with E-state index in [1.807, 2.05) is 0 Å². The van der Waals surface area contributed by atoms with E-state index in [4.69, 9.17) is 15.9 Å². The lowest BCUT2D eigenvalue weighted by Crippen LogP contribution is -2.41. The van der Waals surface area contributed by atoms with Gasteiger partial charge < -0.3 is 15.9 Å². The fourth-order valence-electron chi connectivity index (χ4n) is 1.72. The van der Waals surface area contributed by atoms with Crippen molar-refractivity contribution in [2.45, 2.75) is 0 Å². The van der Waals surface area contributed by atoms with Gasteiger partial charge in [0.1, 0.15) is 5.82 Å². The Morgan fingerprint density at radius 2 is 2.00 bits per heavy atom. The monoisotopic (exact) mass is 225 g/mol. The minimum atomic E-state index is -0.00614. The van der Waals surface area contributed by atoms with Gasteiger partial charge in [-0.25, -0.2) is 9.50 Å². The molecule has 0 aliphatic rings. The van der Waals surface area contributed by atoms with Crippen LogP contribution < -0.4 is 10.7 Å². The number of fused-ring (bicyclic) bond motifs is 1. The quantitative estimate of drug-likeness (QED) is 0.584. The molecule has 0 amide bonds. The number of nitrogen functional groups attached to an aromatic ring is 1. The van der Waals surface area contributed by atoms with E-state index in [-0.39, 0.29) is 13.2 Å². The molecule has 0 saturated carbocycles. The Hall–Kier alpha value is -1.73. The van der Waals surface area contributed by atoms with Crippen LogP contribution >= 0.6 is 0 Å². The van der Waals surface area contributed by atoms with Gasteiger partial charge in [0.25, 0.3) is 0 Å². The van der Waals surface area contributed by atoms with Crippen LogP contribution in [0.1, 0.15) is 0 Å². The van der Waals surface area contributed by atoms with Gasteiger partial charge in [0.15, 0.2) is 5.65 Å². The molecule has 0 unspecified atom stereocenters. The van der Waals surface area contributed by atoms with E-state index in [2.05, 4.69) is 4.98 Å². The molecular formula is C9H15N5O2. The van der Waals surface area contributed by atoms with Gasteiger partial charge >= 0.3 is 0 Å². The molecule has 88 valence electrons. The number of anilines is 1. The Labute approximate surface area is 92.3 Å². The SMILES string of the molecule is Nc1cc2nccn2n1N(CCO)CCO. The summed E-state index contributed by atoms with van der Waals surface area (Å²) in [5.41, 5.74) is 6.59. The van der Waals surface area contributed by atoms with Crippen LogP contribution in [0.25, 0.3) is 5.65 Å². The maximum Gasteiger partial charge on any atom is 0.157 e. The summed E-state index contributed by atoms with van der Waals surface area (Å²) >= 11 is 0. The summed E-state index contributed by atoms with van der Waals surface area (Å²) < 4.78 is 1.76. The van der Waals surface area contributed by atoms with Gasteiger partial charge in [-0.15, -0.1) is 0 Å². The van der Waals surface area contributed by atoms with Crippen molar-refractivity contribution in [2.24, 2.45) is 0 Å². The highest BCUT2D eigenvalue weighted by Crippen LogP contribution is 2.11. The molecule has 2 rings (SSSR count). The molecule has 0 atom stereocenters. The zero-order valence-corrected chi connectivity index (χ0v) is 8.82. The number of nitrogens with zero attached hydrogens (tertiary/aromatic N) is 4. The normalized spacial score (nSPS) is 11.1.